The van der Waals surface area contributed by atoms with E-state index in [0.717, 1.165) is 73.4 Å². The molecule has 1 aliphatic heterocycles. The molecule has 2 heterocycles. The maximum Gasteiger partial charge on any atom is 0.253 e. The zero-order chi connectivity index (χ0) is 24.6. The Bertz CT molecular complexity index is 1190. The zero-order valence-electron chi connectivity index (χ0n) is 21.8. The quantitative estimate of drug-likeness (QED) is 0.422. The van der Waals surface area contributed by atoms with Crippen LogP contribution in [0.3, 0.4) is 0 Å². The molecule has 2 aliphatic rings. The van der Waals surface area contributed by atoms with E-state index in [1.165, 1.54) is 18.4 Å². The fourth-order valence-electron chi connectivity index (χ4n) is 6.41. The summed E-state index contributed by atoms with van der Waals surface area (Å²) in [5.74, 6) is 1.68. The monoisotopic (exact) mass is 472 g/mol. The third kappa shape index (κ3) is 5.10. The van der Waals surface area contributed by atoms with E-state index in [1.807, 2.05) is 17.0 Å². The molecule has 2 fully saturated rings. The molecule has 5 heteroatoms. The molecule has 1 aliphatic carbocycles. The number of anilines is 2. The SMILES string of the molecule is CCc1ccc(Nc2nc3cc(C(=O)N4CCCCC4)ccc3n2[C@H]2C[C@@H](C)CC(C)(C)C2)cc1. The Morgan fingerprint density at radius 1 is 1.06 bits per heavy atom. The zero-order valence-corrected chi connectivity index (χ0v) is 21.8. The first-order valence-electron chi connectivity index (χ1n) is 13.5. The van der Waals surface area contributed by atoms with Crippen molar-refractivity contribution in [1.29, 1.82) is 0 Å². The molecule has 2 atom stereocenters. The molecule has 1 aromatic heterocycles. The highest BCUT2D eigenvalue weighted by Crippen LogP contribution is 2.46. The summed E-state index contributed by atoms with van der Waals surface area (Å²) < 4.78 is 2.41. The van der Waals surface area contributed by atoms with E-state index in [0.29, 0.717) is 17.4 Å². The van der Waals surface area contributed by atoms with Gasteiger partial charge in [0, 0.05) is 30.4 Å². The van der Waals surface area contributed by atoms with Gasteiger partial charge in [-0.15, -0.1) is 0 Å². The molecule has 1 saturated carbocycles. The number of amides is 1. The van der Waals surface area contributed by atoms with Crippen molar-refractivity contribution in [1.82, 2.24) is 14.5 Å². The number of hydrogen-bond donors (Lipinski definition) is 1. The van der Waals surface area contributed by atoms with Crippen LogP contribution in [0.5, 0.6) is 0 Å². The Labute approximate surface area is 209 Å². The standard InChI is InChI=1S/C30H40N4O/c1-5-22-9-12-24(13-10-22)31-29-32-26-18-23(28(35)33-15-7-6-8-16-33)11-14-27(26)34(29)25-17-21(2)19-30(3,4)20-25/h9-14,18,21,25H,5-8,15-17,19-20H2,1-4H3,(H,31,32)/t21-,25+/m1/s1. The Morgan fingerprint density at radius 3 is 2.49 bits per heavy atom. The minimum Gasteiger partial charge on any atom is -0.339 e. The lowest BCUT2D eigenvalue weighted by Gasteiger charge is -2.40. The molecular formula is C30H40N4O. The third-order valence-electron chi connectivity index (χ3n) is 7.93. The molecule has 3 aromatic rings. The van der Waals surface area contributed by atoms with Gasteiger partial charge in [0.1, 0.15) is 0 Å². The number of carbonyl (C=O) groups excluding carboxylic acids is 1. The minimum atomic E-state index is 0.137. The van der Waals surface area contributed by atoms with Gasteiger partial charge in [0.05, 0.1) is 11.0 Å². The van der Waals surface area contributed by atoms with Crippen molar-refractivity contribution in [2.24, 2.45) is 11.3 Å². The predicted octanol–water partition coefficient (Wildman–Crippen LogP) is 7.36. The highest BCUT2D eigenvalue weighted by Gasteiger charge is 2.35. The third-order valence-corrected chi connectivity index (χ3v) is 7.93. The van der Waals surface area contributed by atoms with E-state index in [1.54, 1.807) is 0 Å². The first-order chi connectivity index (χ1) is 16.8. The molecule has 1 amide bonds. The molecule has 1 N–H and O–H groups in total. The molecule has 186 valence electrons. The summed E-state index contributed by atoms with van der Waals surface area (Å²) in [5, 5.41) is 3.62. The van der Waals surface area contributed by atoms with Gasteiger partial charge >= 0.3 is 0 Å². The van der Waals surface area contributed by atoms with Crippen LogP contribution < -0.4 is 5.32 Å². The van der Waals surface area contributed by atoms with Crippen molar-refractivity contribution in [2.45, 2.75) is 78.7 Å². The summed E-state index contributed by atoms with van der Waals surface area (Å²) in [6.07, 6.45) is 7.98. The van der Waals surface area contributed by atoms with Crippen LogP contribution in [0.2, 0.25) is 0 Å². The minimum absolute atomic E-state index is 0.137. The average Bonchev–Trinajstić information content (AvgIpc) is 3.20. The van der Waals surface area contributed by atoms with Crippen molar-refractivity contribution in [3.05, 3.63) is 53.6 Å². The van der Waals surface area contributed by atoms with Crippen LogP contribution in [0.25, 0.3) is 11.0 Å². The number of carbonyl (C=O) groups is 1. The van der Waals surface area contributed by atoms with E-state index >= 15 is 0 Å². The van der Waals surface area contributed by atoms with Gasteiger partial charge in [-0.25, -0.2) is 4.98 Å². The number of imidazole rings is 1. The molecule has 5 rings (SSSR count). The summed E-state index contributed by atoms with van der Waals surface area (Å²) in [7, 11) is 0. The first-order valence-corrected chi connectivity index (χ1v) is 13.5. The molecule has 0 spiro atoms. The highest BCUT2D eigenvalue weighted by molar-refractivity contribution is 5.98. The van der Waals surface area contributed by atoms with Gasteiger partial charge in [-0.3, -0.25) is 4.79 Å². The van der Waals surface area contributed by atoms with Gasteiger partial charge in [-0.05, 0) is 92.2 Å². The molecule has 0 unspecified atom stereocenters. The van der Waals surface area contributed by atoms with E-state index in [-0.39, 0.29) is 5.91 Å². The lowest BCUT2D eigenvalue weighted by atomic mass is 9.70. The second kappa shape index (κ2) is 9.67. The summed E-state index contributed by atoms with van der Waals surface area (Å²) in [4.78, 5) is 20.3. The maximum absolute atomic E-state index is 13.2. The van der Waals surface area contributed by atoms with Crippen LogP contribution in [-0.2, 0) is 6.42 Å². The van der Waals surface area contributed by atoms with Gasteiger partial charge in [-0.2, -0.15) is 0 Å². The number of aryl methyl sites for hydroxylation is 1. The van der Waals surface area contributed by atoms with Gasteiger partial charge in [0.2, 0.25) is 5.95 Å². The number of rotatable bonds is 5. The predicted molar refractivity (Wildman–Crippen MR) is 144 cm³/mol. The molecule has 2 aromatic carbocycles. The van der Waals surface area contributed by atoms with Crippen molar-refractivity contribution < 1.29 is 4.79 Å². The van der Waals surface area contributed by atoms with Crippen molar-refractivity contribution in [3.63, 3.8) is 0 Å². The normalized spacial score (nSPS) is 22.3. The summed E-state index contributed by atoms with van der Waals surface area (Å²) in [6, 6.07) is 15.1. The lowest BCUT2D eigenvalue weighted by Crippen LogP contribution is -2.35. The molecule has 1 saturated heterocycles. The van der Waals surface area contributed by atoms with Crippen molar-refractivity contribution in [2.75, 3.05) is 18.4 Å². The summed E-state index contributed by atoms with van der Waals surface area (Å²) in [5.41, 5.74) is 5.43. The smallest absolute Gasteiger partial charge is 0.253 e. The second-order valence-electron chi connectivity index (χ2n) is 11.6. The number of fused-ring (bicyclic) bond motifs is 1. The fraction of sp³-hybridized carbons (Fsp3) is 0.533. The van der Waals surface area contributed by atoms with E-state index in [9.17, 15) is 4.79 Å². The Morgan fingerprint density at radius 2 is 1.80 bits per heavy atom. The number of benzene rings is 2. The topological polar surface area (TPSA) is 50.2 Å². The van der Waals surface area contributed by atoms with Crippen molar-refractivity contribution >= 4 is 28.6 Å². The Kier molecular flexibility index (Phi) is 6.61. The van der Waals surface area contributed by atoms with Crippen LogP contribution in [0.15, 0.2) is 42.5 Å². The number of nitrogens with zero attached hydrogens (tertiary/aromatic N) is 3. The number of piperidine rings is 1. The van der Waals surface area contributed by atoms with Gasteiger partial charge in [0.25, 0.3) is 5.91 Å². The Hall–Kier alpha value is -2.82. The molecule has 5 nitrogen and oxygen atoms in total. The number of nitrogens with one attached hydrogen (secondary N) is 1. The number of hydrogen-bond acceptors (Lipinski definition) is 3. The van der Waals surface area contributed by atoms with E-state index in [2.05, 4.69) is 67.9 Å². The number of aromatic nitrogens is 2. The van der Waals surface area contributed by atoms with Gasteiger partial charge in [0.15, 0.2) is 0 Å². The summed E-state index contributed by atoms with van der Waals surface area (Å²) in [6.45, 7) is 11.1. The molecule has 0 bridgehead atoms. The van der Waals surface area contributed by atoms with Gasteiger partial charge in [-0.1, -0.05) is 39.8 Å². The lowest BCUT2D eigenvalue weighted by molar-refractivity contribution is 0.0724. The molecule has 0 radical (unpaired) electrons. The second-order valence-corrected chi connectivity index (χ2v) is 11.6. The Balaban J connectivity index is 1.54. The average molecular weight is 473 g/mol. The molecular weight excluding hydrogens is 432 g/mol. The molecule has 35 heavy (non-hydrogen) atoms. The van der Waals surface area contributed by atoms with E-state index < -0.39 is 0 Å². The van der Waals surface area contributed by atoms with Crippen molar-refractivity contribution in [3.8, 4) is 0 Å². The van der Waals surface area contributed by atoms with Gasteiger partial charge < -0.3 is 14.8 Å². The van der Waals surface area contributed by atoms with Crippen LogP contribution in [-0.4, -0.2) is 33.4 Å². The van der Waals surface area contributed by atoms with Crippen LogP contribution in [0.4, 0.5) is 11.6 Å². The summed E-state index contributed by atoms with van der Waals surface area (Å²) >= 11 is 0. The first kappa shape index (κ1) is 23.9. The largest absolute Gasteiger partial charge is 0.339 e. The van der Waals surface area contributed by atoms with Crippen LogP contribution in [0, 0.1) is 11.3 Å². The fourth-order valence-corrected chi connectivity index (χ4v) is 6.41. The maximum atomic E-state index is 13.2. The van der Waals surface area contributed by atoms with Crippen LogP contribution >= 0.6 is 0 Å². The van der Waals surface area contributed by atoms with E-state index in [4.69, 9.17) is 4.98 Å². The number of likely N-dealkylation sites (tertiary alicyclic amines) is 1. The van der Waals surface area contributed by atoms with Crippen LogP contribution in [0.1, 0.15) is 88.2 Å². The highest BCUT2D eigenvalue weighted by atomic mass is 16.2.